The number of hydrogen-bond donors (Lipinski definition) is 1. The lowest BCUT2D eigenvalue weighted by molar-refractivity contribution is 0.218. The molecule has 0 bridgehead atoms. The van der Waals surface area contributed by atoms with Gasteiger partial charge >= 0.3 is 0 Å². The van der Waals surface area contributed by atoms with E-state index in [2.05, 4.69) is 33.6 Å². The normalized spacial score (nSPS) is 11.5. The molecule has 7 nitrogen and oxygen atoms in total. The van der Waals surface area contributed by atoms with Gasteiger partial charge in [-0.15, -0.1) is 6.58 Å². The Balaban J connectivity index is 0.000000391. The number of benzene rings is 2. The van der Waals surface area contributed by atoms with Gasteiger partial charge in [-0.05, 0) is 76.4 Å². The second-order valence-electron chi connectivity index (χ2n) is 8.16. The van der Waals surface area contributed by atoms with Crippen LogP contribution in [-0.4, -0.2) is 42.8 Å². The first kappa shape index (κ1) is 29.1. The van der Waals surface area contributed by atoms with E-state index in [4.69, 9.17) is 14.0 Å². The number of nitriles is 1. The number of hydrogen-bond acceptors (Lipinski definition) is 8. The van der Waals surface area contributed by atoms with Crippen molar-refractivity contribution < 1.29 is 14.0 Å². The van der Waals surface area contributed by atoms with Gasteiger partial charge in [0.1, 0.15) is 11.8 Å². The Morgan fingerprint density at radius 1 is 1.28 bits per heavy atom. The van der Waals surface area contributed by atoms with E-state index in [1.54, 1.807) is 37.3 Å². The summed E-state index contributed by atoms with van der Waals surface area (Å²) < 4.78 is 18.9. The maximum Gasteiger partial charge on any atom is 0.258 e. The number of methoxy groups -OCH3 is 1. The molecule has 1 aliphatic carbocycles. The molecule has 0 saturated carbocycles. The molecule has 2 aromatic carbocycles. The second kappa shape index (κ2) is 15.8. The van der Waals surface area contributed by atoms with Gasteiger partial charge in [0.05, 0.1) is 18.3 Å². The lowest BCUT2D eigenvalue weighted by Crippen LogP contribution is -2.06. The first-order valence-electron chi connectivity index (χ1n) is 12.0. The van der Waals surface area contributed by atoms with Crippen LogP contribution in [0.5, 0.6) is 5.75 Å². The molecule has 192 valence electrons. The van der Waals surface area contributed by atoms with Gasteiger partial charge in [0.25, 0.3) is 5.89 Å². The van der Waals surface area contributed by atoms with Crippen LogP contribution in [0.2, 0.25) is 0 Å². The molecule has 0 aliphatic heterocycles. The Kier molecular flexibility index (Phi) is 12.8. The van der Waals surface area contributed by atoms with Crippen molar-refractivity contribution in [2.45, 2.75) is 46.1 Å². The highest BCUT2D eigenvalue weighted by Gasteiger charge is 2.20. The third kappa shape index (κ3) is 8.52. The summed E-state index contributed by atoms with van der Waals surface area (Å²) >= 11 is 1.66. The number of allylic oxidation sites excluding steroid dienone is 1. The van der Waals surface area contributed by atoms with Crippen LogP contribution in [-0.2, 0) is 17.6 Å². The molecular formula is C28H36N4O3S. The number of fused-ring (bicyclic) bond motifs is 1. The van der Waals surface area contributed by atoms with Gasteiger partial charge in [-0.2, -0.15) is 10.2 Å². The van der Waals surface area contributed by atoms with Crippen LogP contribution < -0.4 is 9.46 Å². The van der Waals surface area contributed by atoms with Crippen molar-refractivity contribution in [3.63, 3.8) is 0 Å². The van der Waals surface area contributed by atoms with Gasteiger partial charge < -0.3 is 14.0 Å². The van der Waals surface area contributed by atoms with E-state index in [0.717, 1.165) is 30.8 Å². The molecule has 3 aromatic rings. The summed E-state index contributed by atoms with van der Waals surface area (Å²) in [7, 11) is 3.61. The summed E-state index contributed by atoms with van der Waals surface area (Å²) in [5, 5.41) is 13.6. The Bertz CT molecular complexity index is 1130. The predicted octanol–water partition coefficient (Wildman–Crippen LogP) is 6.24. The van der Waals surface area contributed by atoms with Crippen LogP contribution in [0.15, 0.2) is 53.6 Å². The summed E-state index contributed by atoms with van der Waals surface area (Å²) in [6.07, 6.45) is 5.08. The molecule has 36 heavy (non-hydrogen) atoms. The zero-order valence-electron chi connectivity index (χ0n) is 21.8. The fourth-order valence-electron chi connectivity index (χ4n) is 3.61. The monoisotopic (exact) mass is 508 g/mol. The lowest BCUT2D eigenvalue weighted by Gasteiger charge is -2.11. The summed E-state index contributed by atoms with van der Waals surface area (Å²) in [5.74, 6) is 2.59. The van der Waals surface area contributed by atoms with Crippen LogP contribution in [0.4, 0.5) is 0 Å². The molecule has 0 saturated heterocycles. The topological polar surface area (TPSA) is 93.2 Å². The number of nitrogens with one attached hydrogen (secondary N) is 1. The molecular weight excluding hydrogens is 472 g/mol. The summed E-state index contributed by atoms with van der Waals surface area (Å²) in [6, 6.07) is 13.8. The van der Waals surface area contributed by atoms with Gasteiger partial charge in [0.2, 0.25) is 5.82 Å². The minimum absolute atomic E-state index is 0.00290. The van der Waals surface area contributed by atoms with Crippen molar-refractivity contribution in [1.82, 2.24) is 14.9 Å². The molecule has 1 aliphatic rings. The maximum absolute atomic E-state index is 9.40. The highest BCUT2D eigenvalue weighted by atomic mass is 32.2. The number of aromatic nitrogens is 2. The standard InChI is InChI=1S/C21H19N3O2.C4H11NOS.C3H6/c1-13(2)25-19-10-9-15(11-16(19)12-22)21-23-20(24-26-21)18-8-4-6-14-5-3-7-17(14)18;1-5-7-4-3-6-2;1-3-2/h4,6,8-11,13H,3,5,7H2,1-2H3;5H,3-4H2,1-2H3;3H,1H2,2H3. The summed E-state index contributed by atoms with van der Waals surface area (Å²) in [5.41, 5.74) is 4.89. The third-order valence-electron chi connectivity index (χ3n) is 5.06. The van der Waals surface area contributed by atoms with Crippen molar-refractivity contribution in [3.8, 4) is 34.7 Å². The van der Waals surface area contributed by atoms with Crippen LogP contribution >= 0.6 is 11.9 Å². The van der Waals surface area contributed by atoms with Crippen molar-refractivity contribution in [2.75, 3.05) is 26.5 Å². The highest BCUT2D eigenvalue weighted by Crippen LogP contribution is 2.32. The zero-order valence-corrected chi connectivity index (χ0v) is 22.7. The first-order valence-corrected chi connectivity index (χ1v) is 13.0. The van der Waals surface area contributed by atoms with E-state index < -0.39 is 0 Å². The smallest absolute Gasteiger partial charge is 0.258 e. The van der Waals surface area contributed by atoms with E-state index in [1.165, 1.54) is 17.5 Å². The Morgan fingerprint density at radius 3 is 2.72 bits per heavy atom. The summed E-state index contributed by atoms with van der Waals surface area (Å²) in [4.78, 5) is 4.57. The first-order chi connectivity index (χ1) is 17.5. The second-order valence-corrected chi connectivity index (χ2v) is 9.27. The SMILES string of the molecule is C=CC.CC(C)Oc1ccc(-c2nc(-c3cccc4c3CCC4)no2)cc1C#N.CNSCCOC. The van der Waals surface area contributed by atoms with Crippen LogP contribution in [0.3, 0.4) is 0 Å². The lowest BCUT2D eigenvalue weighted by atomic mass is 10.0. The Morgan fingerprint density at radius 2 is 2.06 bits per heavy atom. The quantitative estimate of drug-likeness (QED) is 0.217. The van der Waals surface area contributed by atoms with E-state index in [0.29, 0.717) is 28.6 Å². The molecule has 0 atom stereocenters. The summed E-state index contributed by atoms with van der Waals surface area (Å²) in [6.45, 7) is 9.93. The van der Waals surface area contributed by atoms with Crippen molar-refractivity contribution in [1.29, 1.82) is 5.26 Å². The van der Waals surface area contributed by atoms with Gasteiger partial charge in [-0.25, -0.2) is 0 Å². The fraction of sp³-hybridized carbons (Fsp3) is 0.393. The number of nitrogens with zero attached hydrogens (tertiary/aromatic N) is 3. The number of ether oxygens (including phenoxy) is 2. The molecule has 4 rings (SSSR count). The fourth-order valence-corrected chi connectivity index (χ4v) is 4.07. The van der Waals surface area contributed by atoms with E-state index in [1.807, 2.05) is 46.0 Å². The van der Waals surface area contributed by atoms with Crippen molar-refractivity contribution in [2.24, 2.45) is 0 Å². The van der Waals surface area contributed by atoms with E-state index in [9.17, 15) is 5.26 Å². The number of rotatable bonds is 8. The maximum atomic E-state index is 9.40. The largest absolute Gasteiger partial charge is 0.490 e. The molecule has 0 fully saturated rings. The molecule has 0 radical (unpaired) electrons. The predicted molar refractivity (Wildman–Crippen MR) is 147 cm³/mol. The van der Waals surface area contributed by atoms with Crippen LogP contribution in [0.1, 0.15) is 43.9 Å². The third-order valence-corrected chi connectivity index (χ3v) is 5.72. The van der Waals surface area contributed by atoms with Gasteiger partial charge in [0.15, 0.2) is 0 Å². The Labute approximate surface area is 219 Å². The van der Waals surface area contributed by atoms with Crippen LogP contribution in [0, 0.1) is 11.3 Å². The van der Waals surface area contributed by atoms with E-state index >= 15 is 0 Å². The molecule has 1 N–H and O–H groups in total. The zero-order chi connectivity index (χ0) is 26.3. The van der Waals surface area contributed by atoms with Gasteiger partial charge in [-0.3, -0.25) is 4.72 Å². The highest BCUT2D eigenvalue weighted by molar-refractivity contribution is 7.97. The molecule has 0 spiro atoms. The molecule has 0 unspecified atom stereocenters. The number of aryl methyl sites for hydroxylation is 1. The van der Waals surface area contributed by atoms with Crippen LogP contribution in [0.25, 0.3) is 22.8 Å². The van der Waals surface area contributed by atoms with Crippen molar-refractivity contribution in [3.05, 3.63) is 65.7 Å². The van der Waals surface area contributed by atoms with Gasteiger partial charge in [0, 0.05) is 24.0 Å². The average Bonchev–Trinajstić information content (AvgIpc) is 3.55. The molecule has 0 amide bonds. The Hall–Kier alpha value is -3.12. The minimum atomic E-state index is 0.00290. The minimum Gasteiger partial charge on any atom is -0.490 e. The van der Waals surface area contributed by atoms with Crippen molar-refractivity contribution >= 4 is 11.9 Å². The molecule has 1 heterocycles. The van der Waals surface area contributed by atoms with Gasteiger partial charge in [-0.1, -0.05) is 41.4 Å². The molecule has 8 heteroatoms. The van der Waals surface area contributed by atoms with E-state index in [-0.39, 0.29) is 6.10 Å². The molecule has 1 aromatic heterocycles. The average molecular weight is 509 g/mol.